The highest BCUT2D eigenvalue weighted by Gasteiger charge is 2.28. The van der Waals surface area contributed by atoms with E-state index in [0.717, 1.165) is 11.1 Å². The van der Waals surface area contributed by atoms with Gasteiger partial charge in [0, 0.05) is 22.3 Å². The Bertz CT molecular complexity index is 1280. The van der Waals surface area contributed by atoms with Gasteiger partial charge < -0.3 is 19.6 Å². The SMILES string of the molecule is CC(C)(C)c1cc(C=CC(=O)C(=Cc2cc(C(C)(C)C)c(O)c(C(C)(C)C)c2)O[PH](=O)O)cc(C(C)(C)C)c1O. The minimum absolute atomic E-state index is 0.193. The van der Waals surface area contributed by atoms with E-state index in [1.165, 1.54) is 12.2 Å². The summed E-state index contributed by atoms with van der Waals surface area (Å²) >= 11 is 0. The van der Waals surface area contributed by atoms with E-state index in [-0.39, 0.29) is 28.1 Å². The molecule has 0 saturated carbocycles. The van der Waals surface area contributed by atoms with Crippen molar-refractivity contribution in [1.82, 2.24) is 0 Å². The third-order valence-electron chi connectivity index (χ3n) is 6.66. The molecule has 0 bridgehead atoms. The van der Waals surface area contributed by atoms with Gasteiger partial charge in [0.1, 0.15) is 11.5 Å². The zero-order valence-corrected chi connectivity index (χ0v) is 27.1. The molecule has 6 nitrogen and oxygen atoms in total. The van der Waals surface area contributed by atoms with E-state index in [2.05, 4.69) is 0 Å². The number of hydrogen-bond acceptors (Lipinski definition) is 5. The summed E-state index contributed by atoms with van der Waals surface area (Å²) in [6, 6.07) is 7.23. The van der Waals surface area contributed by atoms with E-state index < -0.39 is 24.9 Å². The van der Waals surface area contributed by atoms with Gasteiger partial charge in [0.25, 0.3) is 0 Å². The second kappa shape index (κ2) is 11.6. The predicted molar refractivity (Wildman–Crippen MR) is 165 cm³/mol. The molecule has 0 heterocycles. The summed E-state index contributed by atoms with van der Waals surface area (Å²) in [5.74, 6) is -0.433. The maximum Gasteiger partial charge on any atom is 0.365 e. The molecule has 0 aliphatic rings. The van der Waals surface area contributed by atoms with Crippen molar-refractivity contribution in [3.05, 3.63) is 69.5 Å². The standard InChI is InChI=1S/C33H47O6P/c1-30(2,3)22-15-20(16-23(28(22)35)31(4,5)6)13-14-26(34)27(39-40(37)38)19-21-17-24(32(7,8)9)29(36)25(18-21)33(10,11)12/h13-19,35-36,40H,1-12H3,(H,37,38). The molecule has 0 aliphatic carbocycles. The molecule has 0 amide bonds. The minimum Gasteiger partial charge on any atom is -0.507 e. The van der Waals surface area contributed by atoms with Gasteiger partial charge in [-0.2, -0.15) is 0 Å². The first-order valence-electron chi connectivity index (χ1n) is 13.5. The fourth-order valence-corrected chi connectivity index (χ4v) is 4.78. The van der Waals surface area contributed by atoms with Crippen LogP contribution in [0.3, 0.4) is 0 Å². The number of aromatic hydroxyl groups is 2. The number of ketones is 1. The number of carbonyl (C=O) groups excluding carboxylic acids is 1. The average Bonchev–Trinajstić information content (AvgIpc) is 2.75. The number of allylic oxidation sites excluding steroid dienone is 1. The average molecular weight is 571 g/mol. The van der Waals surface area contributed by atoms with Crippen LogP contribution >= 0.6 is 8.25 Å². The Hall–Kier alpha value is -2.82. The third-order valence-corrected chi connectivity index (χ3v) is 7.06. The first kappa shape index (κ1) is 33.4. The molecular weight excluding hydrogens is 523 g/mol. The van der Waals surface area contributed by atoms with Gasteiger partial charge >= 0.3 is 8.25 Å². The Morgan fingerprint density at radius 1 is 0.675 bits per heavy atom. The lowest BCUT2D eigenvalue weighted by Gasteiger charge is -2.28. The largest absolute Gasteiger partial charge is 0.507 e. The quantitative estimate of drug-likeness (QED) is 0.183. The monoisotopic (exact) mass is 570 g/mol. The number of hydrogen-bond donors (Lipinski definition) is 3. The second-order valence-corrected chi connectivity index (χ2v) is 15.2. The van der Waals surface area contributed by atoms with Gasteiger partial charge in [0.2, 0.25) is 5.78 Å². The third kappa shape index (κ3) is 8.34. The maximum atomic E-state index is 13.3. The van der Waals surface area contributed by atoms with Crippen molar-refractivity contribution in [3.8, 4) is 11.5 Å². The summed E-state index contributed by atoms with van der Waals surface area (Å²) < 4.78 is 16.8. The molecular formula is C33H47O6P. The van der Waals surface area contributed by atoms with Gasteiger partial charge in [-0.05, 0) is 69.2 Å². The van der Waals surface area contributed by atoms with Crippen molar-refractivity contribution < 1.29 is 29.0 Å². The van der Waals surface area contributed by atoms with E-state index in [0.29, 0.717) is 22.3 Å². The summed E-state index contributed by atoms with van der Waals surface area (Å²) in [5, 5.41) is 22.0. The van der Waals surface area contributed by atoms with Crippen LogP contribution in [0.1, 0.15) is 116 Å². The lowest BCUT2D eigenvalue weighted by Crippen LogP contribution is -2.17. The van der Waals surface area contributed by atoms with Crippen LogP contribution in [0.25, 0.3) is 12.2 Å². The Labute approximate surface area is 240 Å². The Morgan fingerprint density at radius 2 is 1.00 bits per heavy atom. The minimum atomic E-state index is -3.48. The summed E-state index contributed by atoms with van der Waals surface area (Å²) in [6.45, 7) is 23.9. The van der Waals surface area contributed by atoms with Crippen molar-refractivity contribution in [3.63, 3.8) is 0 Å². The van der Waals surface area contributed by atoms with E-state index in [9.17, 15) is 24.5 Å². The van der Waals surface area contributed by atoms with Gasteiger partial charge in [0.15, 0.2) is 5.76 Å². The summed E-state index contributed by atoms with van der Waals surface area (Å²) in [5.41, 5.74) is 2.73. The fourth-order valence-electron chi connectivity index (χ4n) is 4.43. The van der Waals surface area contributed by atoms with Gasteiger partial charge in [-0.1, -0.05) is 89.2 Å². The van der Waals surface area contributed by atoms with Crippen LogP contribution in [0.15, 0.2) is 36.1 Å². The molecule has 3 N–H and O–H groups in total. The van der Waals surface area contributed by atoms with Crippen LogP contribution in [-0.2, 0) is 35.5 Å². The summed E-state index contributed by atoms with van der Waals surface area (Å²) in [6.07, 6.45) is 4.36. The zero-order valence-electron chi connectivity index (χ0n) is 26.1. The molecule has 7 heteroatoms. The number of rotatable bonds is 6. The van der Waals surface area contributed by atoms with Crippen LogP contribution < -0.4 is 0 Å². The smallest absolute Gasteiger partial charge is 0.365 e. The zero-order chi connectivity index (χ0) is 31.0. The van der Waals surface area contributed by atoms with Crippen LogP contribution in [0.4, 0.5) is 0 Å². The molecule has 0 radical (unpaired) electrons. The van der Waals surface area contributed by atoms with Crippen LogP contribution in [-0.4, -0.2) is 20.9 Å². The molecule has 0 spiro atoms. The van der Waals surface area contributed by atoms with Crippen LogP contribution in [0.5, 0.6) is 11.5 Å². The molecule has 0 aromatic heterocycles. The molecule has 0 aliphatic heterocycles. The molecule has 220 valence electrons. The Kier molecular flexibility index (Phi) is 9.67. The lowest BCUT2D eigenvalue weighted by molar-refractivity contribution is -0.113. The van der Waals surface area contributed by atoms with E-state index in [1.54, 1.807) is 18.2 Å². The fraction of sp³-hybridized carbons (Fsp3) is 0.485. The molecule has 40 heavy (non-hydrogen) atoms. The Morgan fingerprint density at radius 3 is 1.30 bits per heavy atom. The van der Waals surface area contributed by atoms with Crippen molar-refractivity contribution in [2.24, 2.45) is 0 Å². The maximum absolute atomic E-state index is 13.3. The molecule has 2 aromatic carbocycles. The van der Waals surface area contributed by atoms with Gasteiger partial charge in [-0.25, -0.2) is 4.57 Å². The van der Waals surface area contributed by atoms with Gasteiger partial charge in [-0.15, -0.1) is 0 Å². The molecule has 1 atom stereocenters. The van der Waals surface area contributed by atoms with Gasteiger partial charge in [-0.3, -0.25) is 4.79 Å². The number of benzene rings is 2. The van der Waals surface area contributed by atoms with Crippen molar-refractivity contribution in [1.29, 1.82) is 0 Å². The normalized spacial score (nSPS) is 14.5. The van der Waals surface area contributed by atoms with Crippen molar-refractivity contribution in [2.75, 3.05) is 0 Å². The van der Waals surface area contributed by atoms with Crippen LogP contribution in [0, 0.1) is 0 Å². The number of phenolic OH excluding ortho intramolecular Hbond substituents is 2. The topological polar surface area (TPSA) is 104 Å². The molecule has 2 aromatic rings. The first-order valence-corrected chi connectivity index (χ1v) is 14.8. The molecule has 2 rings (SSSR count). The molecule has 0 saturated heterocycles. The first-order chi connectivity index (χ1) is 17.9. The number of phenols is 2. The van der Waals surface area contributed by atoms with E-state index in [4.69, 9.17) is 4.52 Å². The van der Waals surface area contributed by atoms with E-state index >= 15 is 0 Å². The lowest BCUT2D eigenvalue weighted by atomic mass is 9.78. The highest BCUT2D eigenvalue weighted by molar-refractivity contribution is 7.32. The highest BCUT2D eigenvalue weighted by atomic mass is 31.1. The highest BCUT2D eigenvalue weighted by Crippen LogP contribution is 2.41. The summed E-state index contributed by atoms with van der Waals surface area (Å²) in [4.78, 5) is 22.9. The van der Waals surface area contributed by atoms with Gasteiger partial charge in [0.05, 0.1) is 0 Å². The number of carbonyl (C=O) groups is 1. The molecule has 0 fully saturated rings. The predicted octanol–water partition coefficient (Wildman–Crippen LogP) is 8.31. The Balaban J connectivity index is 2.68. The van der Waals surface area contributed by atoms with Crippen molar-refractivity contribution >= 4 is 26.2 Å². The molecule has 1 unspecified atom stereocenters. The second-order valence-electron chi connectivity index (χ2n) is 14.5. The van der Waals surface area contributed by atoms with Crippen LogP contribution in [0.2, 0.25) is 0 Å². The summed E-state index contributed by atoms with van der Waals surface area (Å²) in [7, 11) is -3.48. The van der Waals surface area contributed by atoms with Crippen molar-refractivity contribution in [2.45, 2.75) is 105 Å². The van der Waals surface area contributed by atoms with E-state index in [1.807, 2.05) is 95.2 Å².